The van der Waals surface area contributed by atoms with Gasteiger partial charge in [0.15, 0.2) is 0 Å². The molecule has 6 nitrogen and oxygen atoms in total. The van der Waals surface area contributed by atoms with E-state index in [0.29, 0.717) is 18.8 Å². The van der Waals surface area contributed by atoms with Crippen LogP contribution in [0, 0.1) is 5.92 Å². The maximum absolute atomic E-state index is 12.1. The summed E-state index contributed by atoms with van der Waals surface area (Å²) in [5.74, 6) is 0.626. The Balaban J connectivity index is 1.98. The lowest BCUT2D eigenvalue weighted by molar-refractivity contribution is -0.00442. The van der Waals surface area contributed by atoms with Crippen molar-refractivity contribution in [1.29, 1.82) is 0 Å². The van der Waals surface area contributed by atoms with Gasteiger partial charge < -0.3 is 10.1 Å². The highest BCUT2D eigenvalue weighted by Crippen LogP contribution is 2.33. The van der Waals surface area contributed by atoms with Gasteiger partial charge >= 0.3 is 0 Å². The van der Waals surface area contributed by atoms with Gasteiger partial charge in [0.1, 0.15) is 0 Å². The molecular formula is C14H22N2O4S. The van der Waals surface area contributed by atoms with E-state index in [4.69, 9.17) is 0 Å². The third kappa shape index (κ3) is 4.15. The zero-order valence-electron chi connectivity index (χ0n) is 12.1. The molecule has 0 aliphatic heterocycles. The molecule has 0 spiro atoms. The van der Waals surface area contributed by atoms with Crippen molar-refractivity contribution in [2.24, 2.45) is 5.92 Å². The normalized spacial score (nSPS) is 26.7. The molecule has 0 atom stereocenters. The zero-order chi connectivity index (χ0) is 15.5. The van der Waals surface area contributed by atoms with Crippen LogP contribution >= 0.6 is 0 Å². The van der Waals surface area contributed by atoms with Crippen molar-refractivity contribution in [3.63, 3.8) is 0 Å². The molecule has 1 aromatic heterocycles. The molecule has 7 heteroatoms. The van der Waals surface area contributed by atoms with E-state index in [-0.39, 0.29) is 17.0 Å². The van der Waals surface area contributed by atoms with E-state index in [1.54, 1.807) is 0 Å². The molecule has 1 heterocycles. The number of hydrogen-bond donors (Lipinski definition) is 3. The van der Waals surface area contributed by atoms with Crippen molar-refractivity contribution in [3.05, 3.63) is 28.7 Å². The Kier molecular flexibility index (Phi) is 4.85. The Bertz CT molecular complexity index is 610. The van der Waals surface area contributed by atoms with E-state index >= 15 is 0 Å². The Morgan fingerprint density at radius 1 is 1.38 bits per heavy atom. The van der Waals surface area contributed by atoms with Gasteiger partial charge in [-0.3, -0.25) is 4.79 Å². The Labute approximate surface area is 124 Å². The summed E-state index contributed by atoms with van der Waals surface area (Å²) in [5, 5.41) is 10.5. The smallest absolute Gasteiger partial charge is 0.247 e. The van der Waals surface area contributed by atoms with Gasteiger partial charge in [0, 0.05) is 18.8 Å². The fourth-order valence-corrected chi connectivity index (χ4v) is 3.76. The van der Waals surface area contributed by atoms with Crippen LogP contribution in [0.3, 0.4) is 0 Å². The number of pyridine rings is 1. The second-order valence-electron chi connectivity index (χ2n) is 5.79. The molecule has 0 amide bonds. The van der Waals surface area contributed by atoms with Gasteiger partial charge in [-0.25, -0.2) is 13.1 Å². The number of aliphatic hydroxyl groups is 1. The first-order valence-electron chi connectivity index (χ1n) is 7.25. The van der Waals surface area contributed by atoms with Crippen molar-refractivity contribution in [2.75, 3.05) is 6.54 Å². The Hall–Kier alpha value is -1.18. The van der Waals surface area contributed by atoms with Gasteiger partial charge in [-0.2, -0.15) is 0 Å². The lowest BCUT2D eigenvalue weighted by Gasteiger charge is -2.35. The summed E-state index contributed by atoms with van der Waals surface area (Å²) in [7, 11) is -3.71. The number of rotatable bonds is 5. The predicted molar refractivity (Wildman–Crippen MR) is 79.5 cm³/mol. The molecule has 21 heavy (non-hydrogen) atoms. The standard InChI is InChI=1S/C14H22N2O4S/c1-2-11-5-7-14(18,8-6-11)10-16-21(19,20)12-3-4-13(17)15-9-12/h3-4,9,11,16,18H,2,5-8,10H2,1H3,(H,15,17). The van der Waals surface area contributed by atoms with Crippen LogP contribution in [0.25, 0.3) is 0 Å². The summed E-state index contributed by atoms with van der Waals surface area (Å²) >= 11 is 0. The molecule has 1 fully saturated rings. The van der Waals surface area contributed by atoms with Crippen LogP contribution in [0.15, 0.2) is 28.0 Å². The van der Waals surface area contributed by atoms with Crippen molar-refractivity contribution < 1.29 is 13.5 Å². The van der Waals surface area contributed by atoms with Gasteiger partial charge in [0.05, 0.1) is 10.5 Å². The van der Waals surface area contributed by atoms with E-state index in [9.17, 15) is 18.3 Å². The molecule has 1 aliphatic rings. The molecule has 1 saturated carbocycles. The zero-order valence-corrected chi connectivity index (χ0v) is 12.9. The molecule has 1 aliphatic carbocycles. The summed E-state index contributed by atoms with van der Waals surface area (Å²) in [4.78, 5) is 13.3. The van der Waals surface area contributed by atoms with Crippen LogP contribution in [-0.2, 0) is 10.0 Å². The summed E-state index contributed by atoms with van der Waals surface area (Å²) in [5.41, 5.74) is -1.33. The molecule has 3 N–H and O–H groups in total. The van der Waals surface area contributed by atoms with Crippen LogP contribution in [0.5, 0.6) is 0 Å². The Morgan fingerprint density at radius 3 is 2.57 bits per heavy atom. The maximum atomic E-state index is 12.1. The Morgan fingerprint density at radius 2 is 2.05 bits per heavy atom. The molecule has 0 aromatic carbocycles. The maximum Gasteiger partial charge on any atom is 0.247 e. The molecule has 118 valence electrons. The second-order valence-corrected chi connectivity index (χ2v) is 7.56. The van der Waals surface area contributed by atoms with Gasteiger partial charge in [-0.1, -0.05) is 13.3 Å². The number of nitrogens with one attached hydrogen (secondary N) is 2. The summed E-state index contributed by atoms with van der Waals surface area (Å²) < 4.78 is 26.6. The first-order chi connectivity index (χ1) is 9.85. The van der Waals surface area contributed by atoms with E-state index in [0.717, 1.165) is 31.5 Å². The number of hydrogen-bond acceptors (Lipinski definition) is 4. The average molecular weight is 314 g/mol. The van der Waals surface area contributed by atoms with E-state index in [1.807, 2.05) is 0 Å². The first kappa shape index (κ1) is 16.2. The largest absolute Gasteiger partial charge is 0.389 e. The van der Waals surface area contributed by atoms with E-state index in [1.165, 1.54) is 6.07 Å². The molecule has 0 radical (unpaired) electrons. The fraction of sp³-hybridized carbons (Fsp3) is 0.643. The number of sulfonamides is 1. The topological polar surface area (TPSA) is 99.3 Å². The number of H-pyrrole nitrogens is 1. The lowest BCUT2D eigenvalue weighted by atomic mass is 9.78. The van der Waals surface area contributed by atoms with Gasteiger partial charge in [-0.15, -0.1) is 0 Å². The van der Waals surface area contributed by atoms with E-state index in [2.05, 4.69) is 16.6 Å². The highest BCUT2D eigenvalue weighted by atomic mass is 32.2. The summed E-state index contributed by atoms with van der Waals surface area (Å²) in [6.07, 6.45) is 5.32. The molecule has 1 aromatic rings. The SMILES string of the molecule is CCC1CCC(O)(CNS(=O)(=O)c2ccc(=O)[nH]c2)CC1. The van der Waals surface area contributed by atoms with Crippen LogP contribution < -0.4 is 10.3 Å². The van der Waals surface area contributed by atoms with Crippen LogP contribution in [0.2, 0.25) is 0 Å². The average Bonchev–Trinajstić information content (AvgIpc) is 2.47. The minimum absolute atomic E-state index is 0.00486. The van der Waals surface area contributed by atoms with Crippen molar-refractivity contribution in [3.8, 4) is 0 Å². The molecular weight excluding hydrogens is 292 g/mol. The highest BCUT2D eigenvalue weighted by molar-refractivity contribution is 7.89. The lowest BCUT2D eigenvalue weighted by Crippen LogP contribution is -2.45. The predicted octanol–water partition coefficient (Wildman–Crippen LogP) is 0.985. The van der Waals surface area contributed by atoms with Gasteiger partial charge in [0.2, 0.25) is 15.6 Å². The quantitative estimate of drug-likeness (QED) is 0.754. The van der Waals surface area contributed by atoms with Gasteiger partial charge in [-0.05, 0) is 37.7 Å². The van der Waals surface area contributed by atoms with Crippen LogP contribution in [0.1, 0.15) is 39.0 Å². The number of aromatic nitrogens is 1. The summed E-state index contributed by atoms with van der Waals surface area (Å²) in [6.45, 7) is 2.14. The van der Waals surface area contributed by atoms with Crippen molar-refractivity contribution >= 4 is 10.0 Å². The van der Waals surface area contributed by atoms with Crippen molar-refractivity contribution in [2.45, 2.75) is 49.5 Å². The minimum Gasteiger partial charge on any atom is -0.389 e. The second kappa shape index (κ2) is 6.29. The third-order valence-corrected chi connectivity index (χ3v) is 5.67. The monoisotopic (exact) mass is 314 g/mol. The third-order valence-electron chi connectivity index (χ3n) is 4.27. The molecule has 2 rings (SSSR count). The van der Waals surface area contributed by atoms with Gasteiger partial charge in [0.25, 0.3) is 0 Å². The first-order valence-corrected chi connectivity index (χ1v) is 8.74. The molecule has 0 bridgehead atoms. The molecule has 0 unspecified atom stereocenters. The van der Waals surface area contributed by atoms with Crippen LogP contribution in [0.4, 0.5) is 0 Å². The summed E-state index contributed by atoms with van der Waals surface area (Å²) in [6, 6.07) is 2.41. The molecule has 0 saturated heterocycles. The highest BCUT2D eigenvalue weighted by Gasteiger charge is 2.33. The minimum atomic E-state index is -3.71. The van der Waals surface area contributed by atoms with Crippen LogP contribution in [-0.4, -0.2) is 30.7 Å². The van der Waals surface area contributed by atoms with E-state index < -0.39 is 15.6 Å². The fourth-order valence-electron chi connectivity index (χ4n) is 2.68. The number of aromatic amines is 1. The van der Waals surface area contributed by atoms with Crippen molar-refractivity contribution in [1.82, 2.24) is 9.71 Å².